The maximum Gasteiger partial charge on any atom is 0.341 e. The number of unbranched alkanes of at least 4 members (excludes halogenated alkanes) is 3. The molecule has 0 fully saturated rings. The number of rotatable bonds is 8. The van der Waals surface area contributed by atoms with Gasteiger partial charge in [0, 0.05) is 12.0 Å². The fraction of sp³-hybridized carbons (Fsp3) is 0.529. The summed E-state index contributed by atoms with van der Waals surface area (Å²) < 4.78 is 5.38. The number of aryl methyl sites for hydroxylation is 2. The largest absolute Gasteiger partial charge is 0.482 e. The predicted molar refractivity (Wildman–Crippen MR) is 80.1 cm³/mol. The lowest BCUT2D eigenvalue weighted by molar-refractivity contribution is -0.139. The number of carbonyl (C=O) groups is 2. The lowest BCUT2D eigenvalue weighted by atomic mass is 10.00. The number of carboxylic acids is 1. The summed E-state index contributed by atoms with van der Waals surface area (Å²) in [6.45, 7) is 1.80. The molecule has 0 bridgehead atoms. The van der Waals surface area contributed by atoms with E-state index in [1.807, 2.05) is 6.07 Å². The van der Waals surface area contributed by atoms with Crippen molar-refractivity contribution in [2.24, 2.45) is 0 Å². The van der Waals surface area contributed by atoms with Crippen LogP contribution in [0.1, 0.15) is 60.5 Å². The Morgan fingerprint density at radius 1 is 1.24 bits per heavy atom. The zero-order valence-electron chi connectivity index (χ0n) is 12.5. The molecule has 0 spiro atoms. The van der Waals surface area contributed by atoms with Gasteiger partial charge in [0.25, 0.3) is 0 Å². The SMILES string of the molecule is CCCCCCc1cc2c(cc1OCC(=O)O)C(=O)CC2. The van der Waals surface area contributed by atoms with Crippen LogP contribution in [0.25, 0.3) is 0 Å². The molecular weight excluding hydrogens is 268 g/mol. The van der Waals surface area contributed by atoms with Gasteiger partial charge in [-0.15, -0.1) is 0 Å². The van der Waals surface area contributed by atoms with Gasteiger partial charge >= 0.3 is 5.97 Å². The number of fused-ring (bicyclic) bond motifs is 1. The topological polar surface area (TPSA) is 63.6 Å². The number of ketones is 1. The van der Waals surface area contributed by atoms with Crippen molar-refractivity contribution in [3.8, 4) is 5.75 Å². The van der Waals surface area contributed by atoms with Crippen molar-refractivity contribution in [1.29, 1.82) is 0 Å². The molecule has 2 rings (SSSR count). The number of ether oxygens (including phenoxy) is 1. The standard InChI is InChI=1S/C17H22O4/c1-2-3-4-5-6-13-9-12-7-8-15(18)14(12)10-16(13)21-11-17(19)20/h9-10H,2-8,11H2,1H3,(H,19,20). The maximum atomic E-state index is 11.8. The summed E-state index contributed by atoms with van der Waals surface area (Å²) >= 11 is 0. The average Bonchev–Trinajstić information content (AvgIpc) is 2.81. The molecule has 1 aliphatic carbocycles. The van der Waals surface area contributed by atoms with E-state index in [1.165, 1.54) is 12.8 Å². The van der Waals surface area contributed by atoms with E-state index in [-0.39, 0.29) is 12.4 Å². The van der Waals surface area contributed by atoms with Crippen molar-refractivity contribution in [2.75, 3.05) is 6.61 Å². The van der Waals surface area contributed by atoms with E-state index in [0.717, 1.165) is 36.8 Å². The van der Waals surface area contributed by atoms with Crippen molar-refractivity contribution in [1.82, 2.24) is 0 Å². The Balaban J connectivity index is 2.15. The molecule has 0 heterocycles. The molecule has 4 nitrogen and oxygen atoms in total. The Hall–Kier alpha value is -1.84. The summed E-state index contributed by atoms with van der Waals surface area (Å²) in [5.41, 5.74) is 2.81. The third kappa shape index (κ3) is 4.06. The Morgan fingerprint density at radius 2 is 2.05 bits per heavy atom. The molecule has 1 aromatic carbocycles. The van der Waals surface area contributed by atoms with Gasteiger partial charge in [-0.3, -0.25) is 4.79 Å². The van der Waals surface area contributed by atoms with Crippen molar-refractivity contribution in [3.05, 3.63) is 28.8 Å². The second-order valence-corrected chi connectivity index (χ2v) is 5.53. The van der Waals surface area contributed by atoms with Gasteiger partial charge in [0.2, 0.25) is 0 Å². The van der Waals surface area contributed by atoms with Gasteiger partial charge in [-0.2, -0.15) is 0 Å². The van der Waals surface area contributed by atoms with E-state index in [2.05, 4.69) is 6.92 Å². The molecule has 0 unspecified atom stereocenters. The first-order valence-corrected chi connectivity index (χ1v) is 7.65. The average molecular weight is 290 g/mol. The van der Waals surface area contributed by atoms with Crippen LogP contribution in [0.4, 0.5) is 0 Å². The second-order valence-electron chi connectivity index (χ2n) is 5.53. The van der Waals surface area contributed by atoms with Crippen molar-refractivity contribution in [2.45, 2.75) is 51.9 Å². The van der Waals surface area contributed by atoms with Crippen molar-refractivity contribution >= 4 is 11.8 Å². The van der Waals surface area contributed by atoms with Crippen molar-refractivity contribution in [3.63, 3.8) is 0 Å². The summed E-state index contributed by atoms with van der Waals surface area (Å²) in [6.07, 6.45) is 6.81. The fourth-order valence-corrected chi connectivity index (χ4v) is 2.74. The number of benzene rings is 1. The van der Waals surface area contributed by atoms with Crippen LogP contribution < -0.4 is 4.74 Å². The van der Waals surface area contributed by atoms with Gasteiger partial charge in [-0.25, -0.2) is 4.79 Å². The molecule has 0 amide bonds. The first kappa shape index (κ1) is 15.5. The quantitative estimate of drug-likeness (QED) is 0.745. The highest BCUT2D eigenvalue weighted by Gasteiger charge is 2.22. The van der Waals surface area contributed by atoms with Gasteiger partial charge in [0.1, 0.15) is 5.75 Å². The highest BCUT2D eigenvalue weighted by molar-refractivity contribution is 6.00. The predicted octanol–water partition coefficient (Wildman–Crippen LogP) is 3.40. The second kappa shape index (κ2) is 7.25. The Morgan fingerprint density at radius 3 is 2.76 bits per heavy atom. The van der Waals surface area contributed by atoms with Crippen LogP contribution in [0, 0.1) is 0 Å². The summed E-state index contributed by atoms with van der Waals surface area (Å²) in [7, 11) is 0. The van der Waals surface area contributed by atoms with Crippen LogP contribution in [0.5, 0.6) is 5.75 Å². The monoisotopic (exact) mass is 290 g/mol. The van der Waals surface area contributed by atoms with E-state index >= 15 is 0 Å². The molecule has 114 valence electrons. The van der Waals surface area contributed by atoms with Crippen LogP contribution in [0.2, 0.25) is 0 Å². The Kier molecular flexibility index (Phi) is 5.37. The van der Waals surface area contributed by atoms with Crippen LogP contribution in [0.3, 0.4) is 0 Å². The minimum absolute atomic E-state index is 0.128. The molecule has 1 N–H and O–H groups in total. The molecule has 21 heavy (non-hydrogen) atoms. The number of hydrogen-bond donors (Lipinski definition) is 1. The van der Waals surface area contributed by atoms with Crippen LogP contribution in [-0.2, 0) is 17.6 Å². The van der Waals surface area contributed by atoms with Gasteiger partial charge in [-0.1, -0.05) is 32.3 Å². The Bertz CT molecular complexity index is 534. The fourth-order valence-electron chi connectivity index (χ4n) is 2.74. The number of carboxylic acid groups (broad SMARTS) is 1. The smallest absolute Gasteiger partial charge is 0.341 e. The first-order valence-electron chi connectivity index (χ1n) is 7.65. The van der Waals surface area contributed by atoms with Crippen molar-refractivity contribution < 1.29 is 19.4 Å². The minimum Gasteiger partial charge on any atom is -0.482 e. The highest BCUT2D eigenvalue weighted by Crippen LogP contribution is 2.31. The summed E-state index contributed by atoms with van der Waals surface area (Å²) in [4.78, 5) is 22.5. The molecule has 0 aromatic heterocycles. The lowest BCUT2D eigenvalue weighted by Crippen LogP contribution is -2.11. The molecule has 0 atom stereocenters. The van der Waals surface area contributed by atoms with Crippen LogP contribution in [0.15, 0.2) is 12.1 Å². The normalized spacial score (nSPS) is 13.3. The Labute approximate surface area is 125 Å². The van der Waals surface area contributed by atoms with Gasteiger partial charge in [-0.05, 0) is 36.5 Å². The number of aliphatic carboxylic acids is 1. The van der Waals surface area contributed by atoms with E-state index in [0.29, 0.717) is 17.7 Å². The zero-order valence-corrected chi connectivity index (χ0v) is 12.5. The van der Waals surface area contributed by atoms with Crippen LogP contribution in [-0.4, -0.2) is 23.5 Å². The lowest BCUT2D eigenvalue weighted by Gasteiger charge is -2.12. The number of carbonyl (C=O) groups excluding carboxylic acids is 1. The van der Waals surface area contributed by atoms with Crippen LogP contribution >= 0.6 is 0 Å². The summed E-state index contributed by atoms with van der Waals surface area (Å²) in [6, 6.07) is 3.77. The van der Waals surface area contributed by atoms with E-state index in [9.17, 15) is 9.59 Å². The third-order valence-corrected chi connectivity index (χ3v) is 3.86. The molecule has 0 saturated carbocycles. The zero-order chi connectivity index (χ0) is 15.2. The summed E-state index contributed by atoms with van der Waals surface area (Å²) in [5, 5.41) is 8.77. The van der Waals surface area contributed by atoms with E-state index in [1.54, 1.807) is 6.07 Å². The minimum atomic E-state index is -1.00. The molecule has 0 saturated heterocycles. The van der Waals surface area contributed by atoms with Gasteiger partial charge in [0.05, 0.1) is 0 Å². The summed E-state index contributed by atoms with van der Waals surface area (Å²) in [5.74, 6) is -0.315. The molecule has 0 aliphatic heterocycles. The van der Waals surface area contributed by atoms with Gasteiger partial charge in [0.15, 0.2) is 12.4 Å². The molecule has 1 aromatic rings. The number of Topliss-reactive ketones (excluding diaryl/α,β-unsaturated/α-hetero) is 1. The molecular formula is C17H22O4. The molecule has 0 radical (unpaired) electrons. The first-order chi connectivity index (χ1) is 10.1. The molecule has 1 aliphatic rings. The van der Waals surface area contributed by atoms with Gasteiger partial charge < -0.3 is 9.84 Å². The molecule has 4 heteroatoms. The number of hydrogen-bond acceptors (Lipinski definition) is 3. The van der Waals surface area contributed by atoms with E-state index in [4.69, 9.17) is 9.84 Å². The maximum absolute atomic E-state index is 11.8. The highest BCUT2D eigenvalue weighted by atomic mass is 16.5. The van der Waals surface area contributed by atoms with E-state index < -0.39 is 5.97 Å². The third-order valence-electron chi connectivity index (χ3n) is 3.86.